The molecule has 0 saturated heterocycles. The molecule has 0 radical (unpaired) electrons. The Kier molecular flexibility index (Phi) is 10.7. The van der Waals surface area contributed by atoms with Crippen LogP contribution in [-0.4, -0.2) is 23.1 Å². The highest BCUT2D eigenvalue weighted by Gasteiger charge is 2.51. The van der Waals surface area contributed by atoms with Gasteiger partial charge < -0.3 is 0 Å². The lowest BCUT2D eigenvalue weighted by molar-refractivity contribution is -0.138. The van der Waals surface area contributed by atoms with E-state index in [2.05, 4.69) is 47.4 Å². The van der Waals surface area contributed by atoms with Crippen molar-refractivity contribution in [1.82, 2.24) is 0 Å². The van der Waals surface area contributed by atoms with E-state index in [1.54, 1.807) is 0 Å². The van der Waals surface area contributed by atoms with E-state index < -0.39 is 23.7 Å². The third-order valence-electron chi connectivity index (χ3n) is 13.0. The standard InChI is InChI=1S/2C32H18O2/c2*33-31-29-25-15-7-13-23(19-17-21-9-3-1-4-10-21)27(25)30(32(31)34)28-24(14-8-16-26(28)29)20-18-22-11-5-2-6-12-22/h2*1-16,29-30H. The van der Waals surface area contributed by atoms with E-state index in [4.69, 9.17) is 0 Å². The molecule has 68 heavy (non-hydrogen) atoms. The molecule has 316 valence electrons. The number of rotatable bonds is 0. The average Bonchev–Trinajstić information content (AvgIpc) is 3.39. The van der Waals surface area contributed by atoms with Crippen LogP contribution in [0.2, 0.25) is 0 Å². The SMILES string of the molecule is O=C1C(=O)C2c3c(C#Cc4ccccc4)cccc3C1c1cccc(C#Cc3ccccc3)c12.O=C1C(=O)C2c3c(C#Cc4ccccc4)cccc3C1c1cccc(C#Cc3ccccc3)c12. The molecule has 4 bridgehead atoms. The fourth-order valence-corrected chi connectivity index (χ4v) is 9.99. The highest BCUT2D eigenvalue weighted by atomic mass is 16.2. The van der Waals surface area contributed by atoms with Crippen LogP contribution in [0.25, 0.3) is 0 Å². The number of fused-ring (bicyclic) bond motifs is 2. The van der Waals surface area contributed by atoms with Gasteiger partial charge >= 0.3 is 0 Å². The van der Waals surface area contributed by atoms with Crippen molar-refractivity contribution in [2.75, 3.05) is 0 Å². The topological polar surface area (TPSA) is 68.3 Å². The molecule has 4 nitrogen and oxygen atoms in total. The van der Waals surface area contributed by atoms with Gasteiger partial charge in [0, 0.05) is 44.5 Å². The molecule has 8 aromatic carbocycles. The summed E-state index contributed by atoms with van der Waals surface area (Å²) in [4.78, 5) is 52.8. The second kappa shape index (κ2) is 17.6. The van der Waals surface area contributed by atoms with E-state index in [0.29, 0.717) is 0 Å². The summed E-state index contributed by atoms with van der Waals surface area (Å²) in [6.45, 7) is 0. The average molecular weight is 869 g/mol. The zero-order chi connectivity index (χ0) is 46.1. The predicted octanol–water partition coefficient (Wildman–Crippen LogP) is 10.4. The minimum Gasteiger partial charge on any atom is -0.290 e. The fraction of sp³-hybridized carbons (Fsp3) is 0.0625. The molecule has 0 amide bonds. The zero-order valence-electron chi connectivity index (χ0n) is 36.4. The maximum Gasteiger partial charge on any atom is 0.211 e. The Bertz CT molecular complexity index is 3210. The van der Waals surface area contributed by atoms with E-state index in [0.717, 1.165) is 89.0 Å². The smallest absolute Gasteiger partial charge is 0.211 e. The monoisotopic (exact) mass is 868 g/mol. The Balaban J connectivity index is 0.000000149. The summed E-state index contributed by atoms with van der Waals surface area (Å²) in [5.74, 6) is 21.9. The predicted molar refractivity (Wildman–Crippen MR) is 263 cm³/mol. The molecule has 0 aliphatic heterocycles. The first-order valence-corrected chi connectivity index (χ1v) is 22.4. The molecule has 0 heterocycles. The van der Waals surface area contributed by atoms with E-state index in [9.17, 15) is 19.2 Å². The lowest BCUT2D eigenvalue weighted by atomic mass is 9.60. The lowest BCUT2D eigenvalue weighted by Gasteiger charge is -2.39. The molecule has 14 rings (SSSR count). The summed E-state index contributed by atoms with van der Waals surface area (Å²) in [5, 5.41) is 0. The number of carbonyl (C=O) groups is 4. The fourth-order valence-electron chi connectivity index (χ4n) is 9.99. The van der Waals surface area contributed by atoms with Crippen LogP contribution in [-0.2, 0) is 19.2 Å². The van der Waals surface area contributed by atoms with Gasteiger partial charge in [0.1, 0.15) is 0 Å². The molecule has 4 heteroatoms. The number of hydrogen-bond donors (Lipinski definition) is 0. The number of hydrogen-bond acceptors (Lipinski definition) is 4. The highest BCUT2D eigenvalue weighted by Crippen LogP contribution is 2.53. The zero-order valence-corrected chi connectivity index (χ0v) is 36.4. The molecule has 8 aromatic rings. The summed E-state index contributed by atoms with van der Waals surface area (Å²) in [5.41, 5.74) is 13.7. The first-order chi connectivity index (χ1) is 33.4. The maximum atomic E-state index is 13.3. The molecule has 6 aliphatic rings. The van der Waals surface area contributed by atoms with E-state index >= 15 is 0 Å². The minimum atomic E-state index is -0.676. The summed E-state index contributed by atoms with van der Waals surface area (Å²) in [6.07, 6.45) is 0. The summed E-state index contributed by atoms with van der Waals surface area (Å²) in [7, 11) is 0. The van der Waals surface area contributed by atoms with Gasteiger partial charge in [0.05, 0.1) is 23.7 Å². The molecule has 0 aromatic heterocycles. The normalized spacial score (nSPS) is 17.1. The van der Waals surface area contributed by atoms with Crippen LogP contribution in [0.3, 0.4) is 0 Å². The van der Waals surface area contributed by atoms with Crippen LogP contribution in [0, 0.1) is 47.4 Å². The van der Waals surface area contributed by atoms with Crippen LogP contribution < -0.4 is 0 Å². The third-order valence-corrected chi connectivity index (χ3v) is 13.0. The molecule has 0 saturated carbocycles. The molecule has 6 aliphatic carbocycles. The van der Waals surface area contributed by atoms with Gasteiger partial charge in [0.25, 0.3) is 0 Å². The van der Waals surface area contributed by atoms with Crippen molar-refractivity contribution < 1.29 is 19.2 Å². The van der Waals surface area contributed by atoms with Gasteiger partial charge in [-0.15, -0.1) is 0 Å². The van der Waals surface area contributed by atoms with Gasteiger partial charge in [-0.25, -0.2) is 0 Å². The summed E-state index contributed by atoms with van der Waals surface area (Å²) in [6, 6.07) is 62.3. The third kappa shape index (κ3) is 7.34. The van der Waals surface area contributed by atoms with Crippen LogP contribution in [0.4, 0.5) is 0 Å². The van der Waals surface area contributed by atoms with Crippen LogP contribution >= 0.6 is 0 Å². The Morgan fingerprint density at radius 1 is 0.221 bits per heavy atom. The Morgan fingerprint density at radius 3 is 0.676 bits per heavy atom. The van der Waals surface area contributed by atoms with Gasteiger partial charge in [0.2, 0.25) is 23.1 Å². The Morgan fingerprint density at radius 2 is 0.441 bits per heavy atom. The van der Waals surface area contributed by atoms with Gasteiger partial charge in [-0.3, -0.25) is 19.2 Å². The van der Waals surface area contributed by atoms with Crippen molar-refractivity contribution in [3.8, 4) is 47.4 Å². The molecule has 0 unspecified atom stereocenters. The van der Waals surface area contributed by atoms with Crippen molar-refractivity contribution in [2.45, 2.75) is 23.7 Å². The highest BCUT2D eigenvalue weighted by molar-refractivity contribution is 6.46. The van der Waals surface area contributed by atoms with Gasteiger partial charge in [-0.2, -0.15) is 0 Å². The number of carbonyl (C=O) groups excluding carboxylic acids is 4. The van der Waals surface area contributed by atoms with Gasteiger partial charge in [0.15, 0.2) is 0 Å². The number of ketones is 4. The Labute approximate surface area is 394 Å². The molecular formula is C64H36O4. The molecular weight excluding hydrogens is 833 g/mol. The van der Waals surface area contributed by atoms with Gasteiger partial charge in [-0.05, 0) is 117 Å². The second-order valence-corrected chi connectivity index (χ2v) is 16.9. The maximum absolute atomic E-state index is 13.3. The van der Waals surface area contributed by atoms with E-state index in [1.165, 1.54) is 0 Å². The van der Waals surface area contributed by atoms with Crippen LogP contribution in [0.1, 0.15) is 113 Å². The molecule has 0 spiro atoms. The van der Waals surface area contributed by atoms with Crippen molar-refractivity contribution in [3.05, 3.63) is 283 Å². The van der Waals surface area contributed by atoms with Crippen LogP contribution in [0.15, 0.2) is 194 Å². The largest absolute Gasteiger partial charge is 0.290 e. The quantitative estimate of drug-likeness (QED) is 0.112. The molecule has 0 N–H and O–H groups in total. The minimum absolute atomic E-state index is 0.341. The first-order valence-electron chi connectivity index (χ1n) is 22.4. The molecule has 0 atom stereocenters. The van der Waals surface area contributed by atoms with Crippen molar-refractivity contribution in [2.24, 2.45) is 0 Å². The molecule has 0 fully saturated rings. The van der Waals surface area contributed by atoms with E-state index in [1.807, 2.05) is 194 Å². The Hall–Kier alpha value is -9.32. The van der Waals surface area contributed by atoms with Gasteiger partial charge in [-0.1, -0.05) is 169 Å². The summed E-state index contributed by atoms with van der Waals surface area (Å²) >= 11 is 0. The first kappa shape index (κ1) is 41.4. The van der Waals surface area contributed by atoms with Crippen molar-refractivity contribution in [3.63, 3.8) is 0 Å². The number of benzene rings is 8. The van der Waals surface area contributed by atoms with Crippen molar-refractivity contribution in [1.29, 1.82) is 0 Å². The summed E-state index contributed by atoms with van der Waals surface area (Å²) < 4.78 is 0. The second-order valence-electron chi connectivity index (χ2n) is 16.9. The lowest BCUT2D eigenvalue weighted by Crippen LogP contribution is -2.41. The van der Waals surface area contributed by atoms with Crippen LogP contribution in [0.5, 0.6) is 0 Å². The number of Topliss-reactive ketones (excluding diaryl/α,β-unsaturated/α-hetero) is 4. The van der Waals surface area contributed by atoms with Crippen molar-refractivity contribution >= 4 is 23.1 Å². The van der Waals surface area contributed by atoms with E-state index in [-0.39, 0.29) is 23.1 Å².